The van der Waals surface area contributed by atoms with Crippen molar-refractivity contribution in [2.75, 3.05) is 26.4 Å². The van der Waals surface area contributed by atoms with E-state index >= 15 is 0 Å². The molecular formula is C11H20F3NO3. The fraction of sp³-hybridized carbons (Fsp3) is 0.909. The monoisotopic (exact) mass is 271 g/mol. The lowest BCUT2D eigenvalue weighted by molar-refractivity contribution is -0.149. The third kappa shape index (κ3) is 9.23. The van der Waals surface area contributed by atoms with Gasteiger partial charge in [-0.2, -0.15) is 13.2 Å². The molecule has 0 aromatic carbocycles. The zero-order valence-electron chi connectivity index (χ0n) is 10.7. The first kappa shape index (κ1) is 17.2. The van der Waals surface area contributed by atoms with Crippen molar-refractivity contribution in [3.8, 4) is 0 Å². The highest BCUT2D eigenvalue weighted by atomic mass is 19.4. The summed E-state index contributed by atoms with van der Waals surface area (Å²) in [7, 11) is 0. The Kier molecular flexibility index (Phi) is 8.74. The Morgan fingerprint density at radius 2 is 1.94 bits per heavy atom. The SMILES string of the molecule is CCNC(CCOCCC(F)(F)F)C(=O)OCC. The molecule has 0 spiro atoms. The molecule has 0 radical (unpaired) electrons. The van der Waals surface area contributed by atoms with Crippen LogP contribution in [0.25, 0.3) is 0 Å². The number of nitrogens with one attached hydrogen (secondary N) is 1. The Labute approximate surface area is 105 Å². The van der Waals surface area contributed by atoms with Gasteiger partial charge in [-0.25, -0.2) is 0 Å². The van der Waals surface area contributed by atoms with E-state index in [1.807, 2.05) is 6.92 Å². The van der Waals surface area contributed by atoms with Crippen LogP contribution in [0, 0.1) is 0 Å². The summed E-state index contributed by atoms with van der Waals surface area (Å²) in [5, 5.41) is 2.90. The average molecular weight is 271 g/mol. The maximum Gasteiger partial charge on any atom is 0.391 e. The molecule has 0 aliphatic carbocycles. The molecule has 7 heteroatoms. The molecule has 1 N–H and O–H groups in total. The van der Waals surface area contributed by atoms with Crippen molar-refractivity contribution in [2.45, 2.75) is 38.9 Å². The number of hydrogen-bond donors (Lipinski definition) is 1. The number of carbonyl (C=O) groups excluding carboxylic acids is 1. The highest BCUT2D eigenvalue weighted by Crippen LogP contribution is 2.18. The van der Waals surface area contributed by atoms with Crippen molar-refractivity contribution in [1.82, 2.24) is 5.32 Å². The molecule has 0 rings (SSSR count). The van der Waals surface area contributed by atoms with Gasteiger partial charge in [0.15, 0.2) is 0 Å². The van der Waals surface area contributed by atoms with Crippen molar-refractivity contribution in [3.63, 3.8) is 0 Å². The number of hydrogen-bond acceptors (Lipinski definition) is 4. The molecule has 0 aromatic heterocycles. The number of esters is 1. The molecule has 0 aromatic rings. The van der Waals surface area contributed by atoms with Gasteiger partial charge >= 0.3 is 12.1 Å². The third-order valence-electron chi connectivity index (χ3n) is 2.10. The number of ether oxygens (including phenoxy) is 2. The van der Waals surface area contributed by atoms with Gasteiger partial charge in [-0.15, -0.1) is 0 Å². The molecule has 0 saturated heterocycles. The standard InChI is InChI=1S/C11H20F3NO3/c1-3-15-9(10(16)18-4-2)5-7-17-8-6-11(12,13)14/h9,15H,3-8H2,1-2H3. The number of alkyl halides is 3. The van der Waals surface area contributed by atoms with Gasteiger partial charge in [0.25, 0.3) is 0 Å². The summed E-state index contributed by atoms with van der Waals surface area (Å²) in [6.45, 7) is 4.08. The first-order chi connectivity index (χ1) is 8.40. The van der Waals surface area contributed by atoms with Gasteiger partial charge < -0.3 is 14.8 Å². The van der Waals surface area contributed by atoms with Crippen LogP contribution < -0.4 is 5.32 Å². The summed E-state index contributed by atoms with van der Waals surface area (Å²) in [4.78, 5) is 11.4. The van der Waals surface area contributed by atoms with Gasteiger partial charge in [0.1, 0.15) is 6.04 Å². The summed E-state index contributed by atoms with van der Waals surface area (Å²) >= 11 is 0. The van der Waals surface area contributed by atoms with Gasteiger partial charge in [-0.1, -0.05) is 6.92 Å². The molecule has 0 heterocycles. The predicted octanol–water partition coefficient (Wildman–Crippen LogP) is 1.89. The minimum absolute atomic E-state index is 0.0898. The Balaban J connectivity index is 3.80. The number of rotatable bonds is 9. The molecule has 4 nitrogen and oxygen atoms in total. The molecule has 1 unspecified atom stereocenters. The molecular weight excluding hydrogens is 251 g/mol. The van der Waals surface area contributed by atoms with E-state index in [9.17, 15) is 18.0 Å². The maximum atomic E-state index is 11.8. The summed E-state index contributed by atoms with van der Waals surface area (Å²) in [6.07, 6.45) is -4.88. The summed E-state index contributed by atoms with van der Waals surface area (Å²) in [6, 6.07) is -0.527. The average Bonchev–Trinajstić information content (AvgIpc) is 2.26. The number of likely N-dealkylation sites (N-methyl/N-ethyl adjacent to an activating group) is 1. The number of halogens is 3. The van der Waals surface area contributed by atoms with E-state index in [2.05, 4.69) is 5.32 Å². The van der Waals surface area contributed by atoms with Crippen molar-refractivity contribution in [3.05, 3.63) is 0 Å². The van der Waals surface area contributed by atoms with Gasteiger partial charge in [0.05, 0.1) is 19.6 Å². The molecule has 0 bridgehead atoms. The van der Waals surface area contributed by atoms with Crippen LogP contribution in [0.3, 0.4) is 0 Å². The lowest BCUT2D eigenvalue weighted by atomic mass is 10.2. The van der Waals surface area contributed by atoms with Crippen molar-refractivity contribution in [1.29, 1.82) is 0 Å². The maximum absolute atomic E-state index is 11.8. The van der Waals surface area contributed by atoms with E-state index in [1.54, 1.807) is 6.92 Å². The highest BCUT2D eigenvalue weighted by molar-refractivity contribution is 5.75. The molecule has 0 fully saturated rings. The van der Waals surface area contributed by atoms with Gasteiger partial charge in [-0.3, -0.25) is 4.79 Å². The van der Waals surface area contributed by atoms with Crippen LogP contribution in [0.4, 0.5) is 13.2 Å². The fourth-order valence-electron chi connectivity index (χ4n) is 1.28. The lowest BCUT2D eigenvalue weighted by Gasteiger charge is -2.16. The third-order valence-corrected chi connectivity index (χ3v) is 2.10. The van der Waals surface area contributed by atoms with Crippen LogP contribution in [-0.4, -0.2) is 44.6 Å². The zero-order valence-corrected chi connectivity index (χ0v) is 10.7. The summed E-state index contributed by atoms with van der Waals surface area (Å²) in [5.41, 5.74) is 0. The normalized spacial score (nSPS) is 13.4. The zero-order chi connectivity index (χ0) is 14.0. The van der Waals surface area contributed by atoms with E-state index in [4.69, 9.17) is 9.47 Å². The highest BCUT2D eigenvalue weighted by Gasteiger charge is 2.26. The topological polar surface area (TPSA) is 47.6 Å². The molecule has 0 aliphatic heterocycles. The first-order valence-electron chi connectivity index (χ1n) is 5.95. The second-order valence-corrected chi connectivity index (χ2v) is 3.63. The van der Waals surface area contributed by atoms with Crippen LogP contribution in [0.2, 0.25) is 0 Å². The smallest absolute Gasteiger partial charge is 0.391 e. The van der Waals surface area contributed by atoms with E-state index in [-0.39, 0.29) is 19.8 Å². The fourth-order valence-corrected chi connectivity index (χ4v) is 1.28. The van der Waals surface area contributed by atoms with E-state index in [0.717, 1.165) is 0 Å². The van der Waals surface area contributed by atoms with Crippen molar-refractivity contribution < 1.29 is 27.4 Å². The Morgan fingerprint density at radius 1 is 1.28 bits per heavy atom. The lowest BCUT2D eigenvalue weighted by Crippen LogP contribution is -2.39. The molecule has 108 valence electrons. The largest absolute Gasteiger partial charge is 0.465 e. The molecule has 0 aliphatic rings. The Bertz CT molecular complexity index is 234. The van der Waals surface area contributed by atoms with Gasteiger partial charge in [0, 0.05) is 6.61 Å². The van der Waals surface area contributed by atoms with E-state index in [0.29, 0.717) is 13.0 Å². The van der Waals surface area contributed by atoms with Gasteiger partial charge in [0.2, 0.25) is 0 Å². The molecule has 0 amide bonds. The molecule has 1 atom stereocenters. The second-order valence-electron chi connectivity index (χ2n) is 3.63. The molecule has 0 saturated carbocycles. The van der Waals surface area contributed by atoms with Crippen LogP contribution in [0.15, 0.2) is 0 Å². The van der Waals surface area contributed by atoms with Gasteiger partial charge in [-0.05, 0) is 19.9 Å². The van der Waals surface area contributed by atoms with Crippen LogP contribution in [0.1, 0.15) is 26.7 Å². The van der Waals surface area contributed by atoms with Crippen molar-refractivity contribution >= 4 is 5.97 Å². The van der Waals surface area contributed by atoms with Crippen LogP contribution in [-0.2, 0) is 14.3 Å². The minimum Gasteiger partial charge on any atom is -0.465 e. The summed E-state index contributed by atoms with van der Waals surface area (Å²) in [5.74, 6) is -0.404. The number of carbonyl (C=O) groups is 1. The quantitative estimate of drug-likeness (QED) is 0.514. The van der Waals surface area contributed by atoms with E-state index < -0.39 is 24.6 Å². The van der Waals surface area contributed by atoms with Crippen molar-refractivity contribution in [2.24, 2.45) is 0 Å². The Hall–Kier alpha value is -0.820. The minimum atomic E-state index is -4.21. The van der Waals surface area contributed by atoms with E-state index in [1.165, 1.54) is 0 Å². The Morgan fingerprint density at radius 3 is 2.44 bits per heavy atom. The van der Waals surface area contributed by atoms with Crippen LogP contribution in [0.5, 0.6) is 0 Å². The first-order valence-corrected chi connectivity index (χ1v) is 5.95. The summed E-state index contributed by atoms with van der Waals surface area (Å²) < 4.78 is 45.2. The molecule has 18 heavy (non-hydrogen) atoms. The second kappa shape index (κ2) is 9.16. The predicted molar refractivity (Wildman–Crippen MR) is 60.2 cm³/mol. The van der Waals surface area contributed by atoms with Crippen LogP contribution >= 0.6 is 0 Å².